The van der Waals surface area contributed by atoms with Gasteiger partial charge in [-0.15, -0.1) is 0 Å². The lowest BCUT2D eigenvalue weighted by molar-refractivity contribution is 0.539. The summed E-state index contributed by atoms with van der Waals surface area (Å²) in [6.07, 6.45) is 2.57. The summed E-state index contributed by atoms with van der Waals surface area (Å²) in [5, 5.41) is 3.73. The number of nitrogens with one attached hydrogen (secondary N) is 2. The van der Waals surface area contributed by atoms with Crippen molar-refractivity contribution in [3.63, 3.8) is 0 Å². The van der Waals surface area contributed by atoms with Gasteiger partial charge < -0.3 is 5.32 Å². The van der Waals surface area contributed by atoms with Gasteiger partial charge in [0.25, 0.3) is 0 Å². The third kappa shape index (κ3) is 3.83. The molecule has 0 bridgehead atoms. The molecule has 1 rings (SSSR count). The fraction of sp³-hybridized carbons (Fsp3) is 0.600. The predicted molar refractivity (Wildman–Crippen MR) is 67.4 cm³/mol. The summed E-state index contributed by atoms with van der Waals surface area (Å²) < 4.78 is 0. The number of halogens is 1. The monoisotopic (exact) mass is 243 g/mol. The van der Waals surface area contributed by atoms with Crippen LogP contribution in [0.1, 0.15) is 27.2 Å². The van der Waals surface area contributed by atoms with Gasteiger partial charge in [0.2, 0.25) is 5.95 Å². The van der Waals surface area contributed by atoms with E-state index >= 15 is 0 Å². The average molecular weight is 244 g/mol. The van der Waals surface area contributed by atoms with Crippen molar-refractivity contribution in [1.29, 1.82) is 0 Å². The fourth-order valence-corrected chi connectivity index (χ4v) is 1.68. The van der Waals surface area contributed by atoms with Crippen molar-refractivity contribution in [1.82, 2.24) is 9.97 Å². The van der Waals surface area contributed by atoms with Gasteiger partial charge in [0.1, 0.15) is 5.02 Å². The molecule has 0 radical (unpaired) electrons. The zero-order chi connectivity index (χ0) is 12.1. The van der Waals surface area contributed by atoms with Crippen LogP contribution in [0, 0.1) is 5.92 Å². The summed E-state index contributed by atoms with van der Waals surface area (Å²) in [4.78, 5) is 8.05. The Morgan fingerprint density at radius 2 is 2.12 bits per heavy atom. The van der Waals surface area contributed by atoms with E-state index < -0.39 is 0 Å². The Labute approximate surface area is 101 Å². The molecular weight excluding hydrogens is 226 g/mol. The molecule has 16 heavy (non-hydrogen) atoms. The standard InChI is InChI=1S/C10H18ClN5/c1-6(2)4-7(3)14-9-8(11)5-13-10(15-9)16-12/h5-7H,4,12H2,1-3H3,(H2,13,14,15,16). The van der Waals surface area contributed by atoms with Crippen LogP contribution in [-0.2, 0) is 0 Å². The highest BCUT2D eigenvalue weighted by molar-refractivity contribution is 6.32. The topological polar surface area (TPSA) is 75.9 Å². The Balaban J connectivity index is 2.71. The molecule has 0 aliphatic carbocycles. The molecule has 1 atom stereocenters. The Morgan fingerprint density at radius 1 is 1.44 bits per heavy atom. The number of nitrogen functional groups attached to an aromatic ring is 1. The molecule has 1 unspecified atom stereocenters. The third-order valence-corrected chi connectivity index (χ3v) is 2.36. The number of hydrogen-bond donors (Lipinski definition) is 3. The molecule has 90 valence electrons. The van der Waals surface area contributed by atoms with Gasteiger partial charge in [-0.3, -0.25) is 5.43 Å². The first-order valence-electron chi connectivity index (χ1n) is 5.28. The molecule has 0 fully saturated rings. The second kappa shape index (κ2) is 5.86. The van der Waals surface area contributed by atoms with Crippen LogP contribution in [0.3, 0.4) is 0 Å². The van der Waals surface area contributed by atoms with E-state index in [9.17, 15) is 0 Å². The van der Waals surface area contributed by atoms with E-state index in [1.165, 1.54) is 6.20 Å². The van der Waals surface area contributed by atoms with E-state index in [1.807, 2.05) is 0 Å². The van der Waals surface area contributed by atoms with Gasteiger partial charge in [0, 0.05) is 6.04 Å². The summed E-state index contributed by atoms with van der Waals surface area (Å²) in [5.74, 6) is 6.81. The smallest absolute Gasteiger partial charge is 0.239 e. The minimum absolute atomic E-state index is 0.304. The van der Waals surface area contributed by atoms with Crippen molar-refractivity contribution in [2.75, 3.05) is 10.7 Å². The zero-order valence-corrected chi connectivity index (χ0v) is 10.5. The van der Waals surface area contributed by atoms with Crippen LogP contribution in [0.15, 0.2) is 6.20 Å². The highest BCUT2D eigenvalue weighted by Crippen LogP contribution is 2.21. The van der Waals surface area contributed by atoms with Gasteiger partial charge in [-0.1, -0.05) is 25.4 Å². The maximum atomic E-state index is 5.98. The first-order valence-corrected chi connectivity index (χ1v) is 5.66. The quantitative estimate of drug-likeness (QED) is 0.546. The molecule has 0 saturated heterocycles. The minimum Gasteiger partial charge on any atom is -0.366 e. The normalized spacial score (nSPS) is 12.6. The lowest BCUT2D eigenvalue weighted by Gasteiger charge is -2.17. The Kier molecular flexibility index (Phi) is 4.76. The summed E-state index contributed by atoms with van der Waals surface area (Å²) in [6, 6.07) is 0.304. The Hall–Kier alpha value is -1.07. The molecule has 6 heteroatoms. The average Bonchev–Trinajstić information content (AvgIpc) is 2.20. The van der Waals surface area contributed by atoms with Crippen molar-refractivity contribution in [2.24, 2.45) is 11.8 Å². The molecule has 4 N–H and O–H groups in total. The van der Waals surface area contributed by atoms with Crippen molar-refractivity contribution in [3.8, 4) is 0 Å². The summed E-state index contributed by atoms with van der Waals surface area (Å²) in [7, 11) is 0. The Bertz CT molecular complexity index is 342. The number of anilines is 2. The summed E-state index contributed by atoms with van der Waals surface area (Å²) >= 11 is 5.98. The molecular formula is C10H18ClN5. The number of nitrogens with two attached hydrogens (primary N) is 1. The Morgan fingerprint density at radius 3 is 2.69 bits per heavy atom. The highest BCUT2D eigenvalue weighted by atomic mass is 35.5. The first kappa shape index (κ1) is 13.0. The van der Waals surface area contributed by atoms with Crippen LogP contribution in [0.25, 0.3) is 0 Å². The SMILES string of the molecule is CC(C)CC(C)Nc1nc(NN)ncc1Cl. The number of hydrogen-bond acceptors (Lipinski definition) is 5. The van der Waals surface area contributed by atoms with Crippen molar-refractivity contribution >= 4 is 23.4 Å². The molecule has 1 aromatic heterocycles. The molecule has 0 aromatic carbocycles. The molecule has 5 nitrogen and oxygen atoms in total. The van der Waals surface area contributed by atoms with Gasteiger partial charge in [-0.2, -0.15) is 4.98 Å². The van der Waals surface area contributed by atoms with E-state index in [-0.39, 0.29) is 0 Å². The lowest BCUT2D eigenvalue weighted by Crippen LogP contribution is -2.19. The van der Waals surface area contributed by atoms with Gasteiger partial charge in [-0.05, 0) is 19.3 Å². The van der Waals surface area contributed by atoms with E-state index in [2.05, 4.69) is 41.5 Å². The molecule has 0 amide bonds. The first-order chi connectivity index (χ1) is 7.52. The second-order valence-electron chi connectivity index (χ2n) is 4.21. The van der Waals surface area contributed by atoms with Crippen LogP contribution >= 0.6 is 11.6 Å². The van der Waals surface area contributed by atoms with E-state index in [0.717, 1.165) is 6.42 Å². The second-order valence-corrected chi connectivity index (χ2v) is 4.62. The maximum Gasteiger partial charge on any atom is 0.239 e. The van der Waals surface area contributed by atoms with Gasteiger partial charge in [0.15, 0.2) is 5.82 Å². The molecule has 0 spiro atoms. The van der Waals surface area contributed by atoms with Crippen molar-refractivity contribution in [3.05, 3.63) is 11.2 Å². The molecule has 1 heterocycles. The minimum atomic E-state index is 0.304. The highest BCUT2D eigenvalue weighted by Gasteiger charge is 2.09. The van der Waals surface area contributed by atoms with Crippen LogP contribution in [0.5, 0.6) is 0 Å². The third-order valence-electron chi connectivity index (χ3n) is 2.08. The lowest BCUT2D eigenvalue weighted by atomic mass is 10.1. The summed E-state index contributed by atoms with van der Waals surface area (Å²) in [6.45, 7) is 6.44. The van der Waals surface area contributed by atoms with Crippen LogP contribution in [-0.4, -0.2) is 16.0 Å². The number of aromatic nitrogens is 2. The largest absolute Gasteiger partial charge is 0.366 e. The molecule has 1 aromatic rings. The fourth-order valence-electron chi connectivity index (χ4n) is 1.54. The number of nitrogens with zero attached hydrogens (tertiary/aromatic N) is 2. The molecule has 0 aliphatic rings. The van der Waals surface area contributed by atoms with Crippen LogP contribution in [0.2, 0.25) is 5.02 Å². The number of rotatable bonds is 5. The predicted octanol–water partition coefficient (Wildman–Crippen LogP) is 2.26. The van der Waals surface area contributed by atoms with Gasteiger partial charge in [0.05, 0.1) is 6.20 Å². The van der Waals surface area contributed by atoms with E-state index in [0.29, 0.717) is 28.7 Å². The van der Waals surface area contributed by atoms with Crippen LogP contribution < -0.4 is 16.6 Å². The van der Waals surface area contributed by atoms with Crippen LogP contribution in [0.4, 0.5) is 11.8 Å². The van der Waals surface area contributed by atoms with E-state index in [1.54, 1.807) is 0 Å². The van der Waals surface area contributed by atoms with E-state index in [4.69, 9.17) is 17.4 Å². The van der Waals surface area contributed by atoms with Gasteiger partial charge >= 0.3 is 0 Å². The summed E-state index contributed by atoms with van der Waals surface area (Å²) in [5.41, 5.74) is 2.39. The van der Waals surface area contributed by atoms with Crippen molar-refractivity contribution < 1.29 is 0 Å². The maximum absolute atomic E-state index is 5.98. The molecule has 0 saturated carbocycles. The number of hydrazine groups is 1. The zero-order valence-electron chi connectivity index (χ0n) is 9.79. The van der Waals surface area contributed by atoms with Crippen molar-refractivity contribution in [2.45, 2.75) is 33.2 Å². The van der Waals surface area contributed by atoms with Gasteiger partial charge in [-0.25, -0.2) is 10.8 Å². The molecule has 0 aliphatic heterocycles.